The van der Waals surface area contributed by atoms with Gasteiger partial charge in [-0.15, -0.1) is 0 Å². The Balaban J connectivity index is 2.18. The molecule has 1 amide bonds. The Hall–Kier alpha value is -1.67. The van der Waals surface area contributed by atoms with Crippen LogP contribution in [0.3, 0.4) is 0 Å². The predicted molar refractivity (Wildman–Crippen MR) is 349 cm³/mol. The molecule has 0 aromatic carbocycles. The van der Waals surface area contributed by atoms with Gasteiger partial charge in [-0.2, -0.15) is 0 Å². The highest BCUT2D eigenvalue weighted by Crippen LogP contribution is 2.24. The number of unbranched alkanes of at least 4 members (excludes halogenated alkanes) is 45. The summed E-state index contributed by atoms with van der Waals surface area (Å²) in [6.07, 6.45) is 66.7. The molecule has 11 heteroatoms. The van der Waals surface area contributed by atoms with E-state index in [2.05, 4.69) is 55.6 Å². The fourth-order valence-corrected chi connectivity index (χ4v) is 11.6. The number of hydrogen-bond donors (Lipinski definition) is 8. The van der Waals surface area contributed by atoms with Crippen molar-refractivity contribution in [3.05, 3.63) is 36.5 Å². The van der Waals surface area contributed by atoms with Crippen LogP contribution in [0.1, 0.15) is 348 Å². The van der Waals surface area contributed by atoms with Crippen LogP contribution in [0, 0.1) is 0 Å². The van der Waals surface area contributed by atoms with Gasteiger partial charge in [0.1, 0.15) is 36.6 Å². The van der Waals surface area contributed by atoms with Gasteiger partial charge < -0.3 is 50.5 Å². The summed E-state index contributed by atoms with van der Waals surface area (Å²) >= 11 is 0. The van der Waals surface area contributed by atoms with E-state index < -0.39 is 74.2 Å². The van der Waals surface area contributed by atoms with Crippen molar-refractivity contribution in [1.82, 2.24) is 5.32 Å². The summed E-state index contributed by atoms with van der Waals surface area (Å²) in [6, 6.07) is -1.19. The maximum atomic E-state index is 13.2. The van der Waals surface area contributed by atoms with E-state index in [1.807, 2.05) is 0 Å². The largest absolute Gasteiger partial charge is 0.394 e. The molecule has 0 saturated carbocycles. The zero-order valence-electron chi connectivity index (χ0n) is 54.2. The number of aliphatic hydroxyl groups is 7. The Labute approximate surface area is 511 Å². The monoisotopic (exact) mass is 1180 g/mol. The number of allylic oxidation sites excluding steroid dienone is 6. The highest BCUT2D eigenvalue weighted by atomic mass is 16.7. The van der Waals surface area contributed by atoms with Gasteiger partial charge in [0.2, 0.25) is 5.91 Å². The number of ether oxygens (including phenoxy) is 2. The topological polar surface area (TPSA) is 189 Å². The Morgan fingerprint density at radius 3 is 1.07 bits per heavy atom. The van der Waals surface area contributed by atoms with Crippen molar-refractivity contribution >= 4 is 5.91 Å². The van der Waals surface area contributed by atoms with Crippen molar-refractivity contribution < 1.29 is 50.0 Å². The van der Waals surface area contributed by atoms with Gasteiger partial charge in [0, 0.05) is 0 Å². The Morgan fingerprint density at radius 1 is 0.410 bits per heavy atom. The summed E-state index contributed by atoms with van der Waals surface area (Å²) in [4.78, 5) is 13.2. The van der Waals surface area contributed by atoms with E-state index >= 15 is 0 Å². The molecular formula is C72H137NO10. The van der Waals surface area contributed by atoms with Gasteiger partial charge in [-0.25, -0.2) is 0 Å². The molecule has 11 nitrogen and oxygen atoms in total. The number of carbonyl (C=O) groups is 1. The van der Waals surface area contributed by atoms with Gasteiger partial charge in [0.15, 0.2) is 6.29 Å². The molecule has 0 aromatic rings. The first-order chi connectivity index (χ1) is 40.7. The molecule has 0 aliphatic carbocycles. The van der Waals surface area contributed by atoms with E-state index in [9.17, 15) is 40.5 Å². The first-order valence-electron chi connectivity index (χ1n) is 35.9. The second-order valence-corrected chi connectivity index (χ2v) is 25.3. The molecule has 490 valence electrons. The zero-order valence-corrected chi connectivity index (χ0v) is 54.2. The van der Waals surface area contributed by atoms with Crippen LogP contribution in [-0.2, 0) is 14.3 Å². The van der Waals surface area contributed by atoms with Crippen molar-refractivity contribution in [3.63, 3.8) is 0 Å². The number of amides is 1. The van der Waals surface area contributed by atoms with E-state index in [-0.39, 0.29) is 12.8 Å². The number of carbonyl (C=O) groups excluding carboxylic acids is 1. The van der Waals surface area contributed by atoms with E-state index in [0.29, 0.717) is 19.3 Å². The minimum atomic E-state index is -1.67. The van der Waals surface area contributed by atoms with E-state index in [0.717, 1.165) is 38.5 Å². The first-order valence-corrected chi connectivity index (χ1v) is 35.9. The highest BCUT2D eigenvalue weighted by molar-refractivity contribution is 5.80. The lowest BCUT2D eigenvalue weighted by Gasteiger charge is -2.40. The lowest BCUT2D eigenvalue weighted by Crippen LogP contribution is -2.60. The first kappa shape index (κ1) is 79.3. The van der Waals surface area contributed by atoms with Crippen LogP contribution in [-0.4, -0.2) is 110 Å². The van der Waals surface area contributed by atoms with Gasteiger partial charge in [-0.05, 0) is 77.0 Å². The minimum Gasteiger partial charge on any atom is -0.394 e. The molecule has 83 heavy (non-hydrogen) atoms. The van der Waals surface area contributed by atoms with Crippen LogP contribution in [0.15, 0.2) is 36.5 Å². The summed E-state index contributed by atoms with van der Waals surface area (Å²) in [5.74, 6) is -0.705. The summed E-state index contributed by atoms with van der Waals surface area (Å²) in [5, 5.41) is 76.4. The lowest BCUT2D eigenvalue weighted by molar-refractivity contribution is -0.303. The summed E-state index contributed by atoms with van der Waals surface area (Å²) in [6.45, 7) is 3.49. The molecular weight excluding hydrogens is 1040 g/mol. The summed E-state index contributed by atoms with van der Waals surface area (Å²) in [5.41, 5.74) is 0. The molecule has 1 saturated heterocycles. The Morgan fingerprint density at radius 2 is 0.723 bits per heavy atom. The van der Waals surface area contributed by atoms with Crippen molar-refractivity contribution in [1.29, 1.82) is 0 Å². The Bertz CT molecular complexity index is 1440. The van der Waals surface area contributed by atoms with Gasteiger partial charge in [-0.1, -0.05) is 307 Å². The van der Waals surface area contributed by atoms with Crippen molar-refractivity contribution in [2.24, 2.45) is 0 Å². The molecule has 1 fully saturated rings. The molecule has 0 aromatic heterocycles. The molecule has 1 heterocycles. The molecule has 1 aliphatic heterocycles. The highest BCUT2D eigenvalue weighted by Gasteiger charge is 2.44. The van der Waals surface area contributed by atoms with Crippen LogP contribution in [0.2, 0.25) is 0 Å². The maximum absolute atomic E-state index is 13.2. The average Bonchev–Trinajstić information content (AvgIpc) is 3.68. The molecule has 9 atom stereocenters. The number of hydrogen-bond acceptors (Lipinski definition) is 10. The standard InChI is InChI=1S/C72H137NO10/c1-3-5-7-9-11-13-15-17-19-21-23-25-27-28-29-30-31-32-33-34-35-36-37-38-40-42-44-46-48-50-52-54-56-58-60-65(76)71(81)73-63(62-82-72-70(80)69(79)68(78)66(61-74)83-72)67(77)64(75)59-57-55-53-51-49-47-45-43-41-39-26-24-22-20-18-16-14-12-10-8-6-4-2/h30-31,43,45,51,53,63-70,72,74-80H,3-29,32-42,44,46-50,52,54-62H2,1-2H3,(H,73,81)/b31-30-,45-43+,53-51+. The quantitative estimate of drug-likeness (QED) is 0.0215. The molecule has 1 aliphatic rings. The third-order valence-electron chi connectivity index (χ3n) is 17.4. The minimum absolute atomic E-state index is 0.248. The third kappa shape index (κ3) is 48.0. The molecule has 0 bridgehead atoms. The molecule has 8 N–H and O–H groups in total. The van der Waals surface area contributed by atoms with Crippen LogP contribution in [0.5, 0.6) is 0 Å². The number of aliphatic hydroxyl groups excluding tert-OH is 7. The maximum Gasteiger partial charge on any atom is 0.249 e. The second-order valence-electron chi connectivity index (χ2n) is 25.3. The fraction of sp³-hybridized carbons (Fsp3) is 0.903. The molecule has 1 rings (SSSR count). The van der Waals surface area contributed by atoms with Gasteiger partial charge in [0.05, 0.1) is 25.4 Å². The number of nitrogens with one attached hydrogen (secondary N) is 1. The fourth-order valence-electron chi connectivity index (χ4n) is 11.6. The van der Waals surface area contributed by atoms with Crippen molar-refractivity contribution in [3.8, 4) is 0 Å². The zero-order chi connectivity index (χ0) is 60.3. The van der Waals surface area contributed by atoms with Crippen LogP contribution in [0.25, 0.3) is 0 Å². The average molecular weight is 1180 g/mol. The number of rotatable bonds is 63. The van der Waals surface area contributed by atoms with Gasteiger partial charge >= 0.3 is 0 Å². The molecule has 9 unspecified atom stereocenters. The SMILES string of the molecule is CCCCCCCCCCCCCCC/C=C/CC/C=C/CCCC(O)C(O)C(COC1OC(CO)C(O)C(O)C1O)NC(=O)C(O)CCCCCCCCCCCCCCCCCC/C=C\CCCCCCCCCCCCCCCC. The smallest absolute Gasteiger partial charge is 0.249 e. The van der Waals surface area contributed by atoms with Crippen molar-refractivity contribution in [2.75, 3.05) is 13.2 Å². The normalized spacial score (nSPS) is 19.2. The van der Waals surface area contributed by atoms with E-state index in [1.165, 1.54) is 263 Å². The van der Waals surface area contributed by atoms with Crippen molar-refractivity contribution in [2.45, 2.75) is 403 Å². The summed E-state index contributed by atoms with van der Waals surface area (Å²) in [7, 11) is 0. The van der Waals surface area contributed by atoms with Gasteiger partial charge in [-0.3, -0.25) is 4.79 Å². The van der Waals surface area contributed by atoms with Gasteiger partial charge in [0.25, 0.3) is 0 Å². The van der Waals surface area contributed by atoms with Crippen LogP contribution in [0.4, 0.5) is 0 Å². The van der Waals surface area contributed by atoms with E-state index in [4.69, 9.17) is 9.47 Å². The second kappa shape index (κ2) is 60.6. The van der Waals surface area contributed by atoms with E-state index in [1.54, 1.807) is 0 Å². The summed E-state index contributed by atoms with van der Waals surface area (Å²) < 4.78 is 11.2. The molecule has 0 spiro atoms. The Kier molecular flexibility index (Phi) is 57.9. The predicted octanol–water partition coefficient (Wildman–Crippen LogP) is 17.4. The van der Waals surface area contributed by atoms with Crippen LogP contribution < -0.4 is 5.32 Å². The lowest BCUT2D eigenvalue weighted by atomic mass is 9.98. The third-order valence-corrected chi connectivity index (χ3v) is 17.4. The van der Waals surface area contributed by atoms with Crippen LogP contribution >= 0.6 is 0 Å². The molecule has 0 radical (unpaired) electrons.